The molecule has 2 spiro atoms. The second-order valence-corrected chi connectivity index (χ2v) is 12.7. The molecule has 2 saturated carbocycles. The first-order chi connectivity index (χ1) is 17.0. The number of ether oxygens (including phenoxy) is 1. The molecule has 6 aliphatic rings. The summed E-state index contributed by atoms with van der Waals surface area (Å²) in [4.78, 5) is 6.88. The minimum absolute atomic E-state index is 0.0637. The molecule has 1 aromatic carbocycles. The Kier molecular flexibility index (Phi) is 4.26. The molecule has 4 heterocycles. The smallest absolute Gasteiger partial charge is 0.0974 e. The van der Waals surface area contributed by atoms with Gasteiger partial charge in [-0.15, -0.1) is 0 Å². The van der Waals surface area contributed by atoms with Crippen molar-refractivity contribution >= 4 is 10.8 Å². The van der Waals surface area contributed by atoms with Crippen molar-refractivity contribution in [3.8, 4) is 0 Å². The Morgan fingerprint density at radius 3 is 2.89 bits per heavy atom. The van der Waals surface area contributed by atoms with Crippen molar-refractivity contribution in [2.75, 3.05) is 13.1 Å². The summed E-state index contributed by atoms with van der Waals surface area (Å²) >= 11 is 0. The maximum atomic E-state index is 9.88. The molecule has 2 bridgehead atoms. The van der Waals surface area contributed by atoms with Crippen LogP contribution in [-0.4, -0.2) is 51.4 Å². The van der Waals surface area contributed by atoms with Gasteiger partial charge in [0.05, 0.1) is 17.3 Å². The quantitative estimate of drug-likeness (QED) is 0.630. The first kappa shape index (κ1) is 21.1. The highest BCUT2D eigenvalue weighted by Crippen LogP contribution is 2.69. The second-order valence-electron chi connectivity index (χ2n) is 12.7. The number of allylic oxidation sites excluding steroid dienone is 1. The van der Waals surface area contributed by atoms with Gasteiger partial charge in [-0.3, -0.25) is 9.88 Å². The molecule has 0 radical (unpaired) electrons. The maximum absolute atomic E-state index is 9.88. The van der Waals surface area contributed by atoms with Crippen LogP contribution in [0, 0.1) is 11.3 Å². The van der Waals surface area contributed by atoms with E-state index in [4.69, 9.17) is 4.74 Å². The van der Waals surface area contributed by atoms with Gasteiger partial charge in [-0.25, -0.2) is 0 Å². The van der Waals surface area contributed by atoms with Gasteiger partial charge in [0.1, 0.15) is 0 Å². The normalized spacial score (nSPS) is 42.6. The van der Waals surface area contributed by atoms with E-state index in [-0.39, 0.29) is 22.7 Å². The van der Waals surface area contributed by atoms with E-state index in [0.29, 0.717) is 17.9 Å². The van der Waals surface area contributed by atoms with E-state index >= 15 is 0 Å². The minimum atomic E-state index is -0.124. The lowest BCUT2D eigenvalue weighted by Crippen LogP contribution is -2.60. The Hall–Kier alpha value is -2.01. The molecule has 2 saturated heterocycles. The van der Waals surface area contributed by atoms with Crippen LogP contribution >= 0.6 is 0 Å². The highest BCUT2D eigenvalue weighted by molar-refractivity contribution is 5.82. The standard InChI is InChI=1S/C31H36N2O2/c1-29-10-8-24-15-23-4-5-25(33-18-26(34)19-33)16-30(23)11-12-31(24,35-30)28(29)7-6-27(29)21-3-2-20-9-13-32-17-22(20)14-21/h2-3,8-9,13-15,17,25-28,34H,4-7,10-12,16,18-19H2,1H3/t25?,27?,28-,29+,30-,31-/m1/s1. The molecular weight excluding hydrogens is 432 g/mol. The lowest BCUT2D eigenvalue weighted by atomic mass is 9.58. The van der Waals surface area contributed by atoms with E-state index in [1.54, 1.807) is 5.57 Å². The fourth-order valence-electron chi connectivity index (χ4n) is 9.35. The van der Waals surface area contributed by atoms with Crippen LogP contribution in [0.3, 0.4) is 0 Å². The number of β-amino-alcohol motifs (C(OH)–C–C–N with tert-alkyl or cyclic N) is 1. The molecule has 8 rings (SSSR count). The van der Waals surface area contributed by atoms with Crippen molar-refractivity contribution < 1.29 is 9.84 Å². The van der Waals surface area contributed by atoms with Crippen LogP contribution in [0.25, 0.3) is 10.8 Å². The number of pyridine rings is 1. The van der Waals surface area contributed by atoms with Gasteiger partial charge in [-0.05, 0) is 103 Å². The first-order valence-corrected chi connectivity index (χ1v) is 13.9. The van der Waals surface area contributed by atoms with Crippen molar-refractivity contribution in [2.24, 2.45) is 11.3 Å². The maximum Gasteiger partial charge on any atom is 0.0974 e. The molecule has 4 fully saturated rings. The number of fused-ring (bicyclic) bond motifs is 2. The monoisotopic (exact) mass is 468 g/mol. The van der Waals surface area contributed by atoms with Crippen molar-refractivity contribution in [1.82, 2.24) is 9.88 Å². The number of benzene rings is 1. The molecule has 3 aliphatic carbocycles. The SMILES string of the molecule is C[C@@]12CC=C3C=C4CCC(N5CC(O)C5)C[C@]45CC[C@]3(O5)[C@@H]1CCC2c1ccc2ccncc2c1. The van der Waals surface area contributed by atoms with E-state index in [1.165, 1.54) is 54.0 Å². The van der Waals surface area contributed by atoms with Crippen LogP contribution in [0.2, 0.25) is 0 Å². The molecule has 0 amide bonds. The van der Waals surface area contributed by atoms with E-state index < -0.39 is 0 Å². The summed E-state index contributed by atoms with van der Waals surface area (Å²) < 4.78 is 7.45. The summed E-state index contributed by atoms with van der Waals surface area (Å²) in [7, 11) is 0. The molecular formula is C31H36N2O2. The number of likely N-dealkylation sites (tertiary alicyclic amines) is 1. The zero-order chi connectivity index (χ0) is 23.4. The highest BCUT2D eigenvalue weighted by Gasteiger charge is 2.66. The topological polar surface area (TPSA) is 45.6 Å². The minimum Gasteiger partial charge on any atom is -0.390 e. The number of hydrogen-bond acceptors (Lipinski definition) is 4. The molecule has 6 atom stereocenters. The van der Waals surface area contributed by atoms with Gasteiger partial charge >= 0.3 is 0 Å². The fraction of sp³-hybridized carbons (Fsp3) is 0.581. The van der Waals surface area contributed by atoms with E-state index in [0.717, 1.165) is 32.4 Å². The van der Waals surface area contributed by atoms with Crippen molar-refractivity contribution in [2.45, 2.75) is 87.6 Å². The van der Waals surface area contributed by atoms with E-state index in [2.05, 4.69) is 53.2 Å². The van der Waals surface area contributed by atoms with Crippen LogP contribution in [-0.2, 0) is 4.74 Å². The Labute approximate surface area is 208 Å². The number of rotatable bonds is 2. The van der Waals surface area contributed by atoms with Gasteiger partial charge in [-0.1, -0.05) is 31.2 Å². The molecule has 4 heteroatoms. The van der Waals surface area contributed by atoms with Gasteiger partial charge < -0.3 is 9.84 Å². The predicted octanol–water partition coefficient (Wildman–Crippen LogP) is 5.52. The van der Waals surface area contributed by atoms with Crippen molar-refractivity contribution in [1.29, 1.82) is 0 Å². The van der Waals surface area contributed by atoms with Crippen LogP contribution in [0.15, 0.2) is 60.0 Å². The molecule has 4 nitrogen and oxygen atoms in total. The highest BCUT2D eigenvalue weighted by atomic mass is 16.5. The van der Waals surface area contributed by atoms with E-state index in [9.17, 15) is 5.11 Å². The van der Waals surface area contributed by atoms with Crippen LogP contribution in [0.1, 0.15) is 69.8 Å². The van der Waals surface area contributed by atoms with Crippen molar-refractivity contribution in [3.63, 3.8) is 0 Å². The van der Waals surface area contributed by atoms with Crippen LogP contribution in [0.5, 0.6) is 0 Å². The number of nitrogens with zero attached hydrogens (tertiary/aromatic N) is 2. The average Bonchev–Trinajstić information content (AvgIpc) is 3.36. The van der Waals surface area contributed by atoms with Gasteiger partial charge in [0, 0.05) is 36.9 Å². The summed E-state index contributed by atoms with van der Waals surface area (Å²) in [5.74, 6) is 1.14. The number of aliphatic hydroxyl groups excluding tert-OH is 1. The third-order valence-electron chi connectivity index (χ3n) is 11.1. The third kappa shape index (κ3) is 2.77. The third-order valence-corrected chi connectivity index (χ3v) is 11.1. The van der Waals surface area contributed by atoms with Gasteiger partial charge in [-0.2, -0.15) is 0 Å². The number of aliphatic hydroxyl groups is 1. The molecule has 2 unspecified atom stereocenters. The molecule has 182 valence electrons. The summed E-state index contributed by atoms with van der Waals surface area (Å²) in [6, 6.07) is 9.75. The summed E-state index contributed by atoms with van der Waals surface area (Å²) in [6.07, 6.45) is 18.4. The second kappa shape index (κ2) is 7.06. The largest absolute Gasteiger partial charge is 0.390 e. The Bertz CT molecular complexity index is 1280. The summed E-state index contributed by atoms with van der Waals surface area (Å²) in [5.41, 5.74) is 4.62. The Balaban J connectivity index is 1.14. The molecule has 3 aliphatic heterocycles. The Morgan fingerprint density at radius 2 is 2.00 bits per heavy atom. The molecule has 35 heavy (non-hydrogen) atoms. The number of hydrogen-bond donors (Lipinski definition) is 1. The average molecular weight is 469 g/mol. The Morgan fingerprint density at radius 1 is 1.09 bits per heavy atom. The van der Waals surface area contributed by atoms with Crippen molar-refractivity contribution in [3.05, 3.63) is 65.5 Å². The predicted molar refractivity (Wildman–Crippen MR) is 137 cm³/mol. The van der Waals surface area contributed by atoms with Gasteiger partial charge in [0.25, 0.3) is 0 Å². The number of aromatic nitrogens is 1. The van der Waals surface area contributed by atoms with Crippen LogP contribution < -0.4 is 0 Å². The van der Waals surface area contributed by atoms with Gasteiger partial charge in [0.15, 0.2) is 0 Å². The molecule has 1 aromatic heterocycles. The summed E-state index contributed by atoms with van der Waals surface area (Å²) in [6.45, 7) is 4.25. The first-order valence-electron chi connectivity index (χ1n) is 13.9. The summed E-state index contributed by atoms with van der Waals surface area (Å²) in [5, 5.41) is 12.4. The zero-order valence-corrected chi connectivity index (χ0v) is 20.7. The van der Waals surface area contributed by atoms with Crippen LogP contribution in [0.4, 0.5) is 0 Å². The lowest BCUT2D eigenvalue weighted by molar-refractivity contribution is -0.147. The fourth-order valence-corrected chi connectivity index (χ4v) is 9.35. The molecule has 1 N–H and O–H groups in total. The van der Waals surface area contributed by atoms with E-state index in [1.807, 2.05) is 12.4 Å². The zero-order valence-electron chi connectivity index (χ0n) is 20.7. The molecule has 2 aromatic rings. The van der Waals surface area contributed by atoms with Gasteiger partial charge in [0.2, 0.25) is 0 Å². The lowest BCUT2D eigenvalue weighted by Gasteiger charge is -2.55.